The first-order valence-electron chi connectivity index (χ1n) is 7.07. The predicted octanol–water partition coefficient (Wildman–Crippen LogP) is 1.43. The highest BCUT2D eigenvalue weighted by molar-refractivity contribution is 5.78. The van der Waals surface area contributed by atoms with Gasteiger partial charge in [0, 0.05) is 19.1 Å². The topological polar surface area (TPSA) is 58.4 Å². The molecule has 1 fully saturated rings. The summed E-state index contributed by atoms with van der Waals surface area (Å²) >= 11 is 0. The number of carbonyl (C=O) groups excluding carboxylic acids is 1. The van der Waals surface area contributed by atoms with Crippen LogP contribution in [0.15, 0.2) is 24.3 Å². The van der Waals surface area contributed by atoms with Crippen LogP contribution in [0.25, 0.3) is 0 Å². The molecule has 1 aromatic rings. The molecule has 0 aromatic heterocycles. The lowest BCUT2D eigenvalue weighted by Gasteiger charge is -2.29. The first-order valence-corrected chi connectivity index (χ1v) is 7.07. The molecule has 5 heteroatoms. The van der Waals surface area contributed by atoms with Crippen LogP contribution in [0.3, 0.4) is 0 Å². The second kappa shape index (κ2) is 6.81. The van der Waals surface area contributed by atoms with E-state index in [0.29, 0.717) is 6.54 Å². The number of halogens is 1. The third-order valence-electron chi connectivity index (χ3n) is 3.73. The lowest BCUT2D eigenvalue weighted by atomic mass is 10.1. The first kappa shape index (κ1) is 14.9. The molecule has 0 aliphatic carbocycles. The molecule has 1 heterocycles. The van der Waals surface area contributed by atoms with Crippen molar-refractivity contribution >= 4 is 5.91 Å². The Hall–Kier alpha value is -1.46. The summed E-state index contributed by atoms with van der Waals surface area (Å²) in [5, 5.41) is 2.90. The Morgan fingerprint density at radius 3 is 2.85 bits per heavy atom. The molecule has 1 aliphatic rings. The van der Waals surface area contributed by atoms with Crippen molar-refractivity contribution in [3.8, 4) is 0 Å². The molecule has 3 N–H and O–H groups in total. The second-order valence-electron chi connectivity index (χ2n) is 5.46. The molecule has 1 saturated heterocycles. The number of nitrogens with one attached hydrogen (secondary N) is 1. The fourth-order valence-electron chi connectivity index (χ4n) is 2.46. The van der Waals surface area contributed by atoms with E-state index in [4.69, 9.17) is 5.73 Å². The number of nitrogens with two attached hydrogens (primary N) is 1. The maximum Gasteiger partial charge on any atom is 0.234 e. The normalized spacial score (nSPS) is 18.8. The Morgan fingerprint density at radius 2 is 2.20 bits per heavy atom. The van der Waals surface area contributed by atoms with Crippen molar-refractivity contribution in [3.63, 3.8) is 0 Å². The van der Waals surface area contributed by atoms with Gasteiger partial charge in [0.1, 0.15) is 5.82 Å². The zero-order chi connectivity index (χ0) is 14.5. The molecule has 1 atom stereocenters. The van der Waals surface area contributed by atoms with Crippen LogP contribution in [-0.4, -0.2) is 36.5 Å². The van der Waals surface area contributed by atoms with Crippen molar-refractivity contribution in [3.05, 3.63) is 35.6 Å². The lowest BCUT2D eigenvalue weighted by molar-refractivity contribution is -0.123. The average molecular weight is 279 g/mol. The van der Waals surface area contributed by atoms with E-state index in [1.54, 1.807) is 6.07 Å². The molecule has 20 heavy (non-hydrogen) atoms. The van der Waals surface area contributed by atoms with Gasteiger partial charge in [-0.15, -0.1) is 0 Å². The summed E-state index contributed by atoms with van der Waals surface area (Å²) in [6, 6.07) is 6.39. The molecule has 1 aromatic carbocycles. The van der Waals surface area contributed by atoms with E-state index in [2.05, 4.69) is 10.2 Å². The zero-order valence-corrected chi connectivity index (χ0v) is 11.8. The summed E-state index contributed by atoms with van der Waals surface area (Å²) in [5.41, 5.74) is 6.61. The minimum Gasteiger partial charge on any atom is -0.348 e. The Morgan fingerprint density at radius 1 is 1.50 bits per heavy atom. The van der Waals surface area contributed by atoms with Gasteiger partial charge in [-0.3, -0.25) is 9.69 Å². The van der Waals surface area contributed by atoms with Crippen molar-refractivity contribution in [1.82, 2.24) is 10.2 Å². The largest absolute Gasteiger partial charge is 0.348 e. The Labute approximate surface area is 119 Å². The number of hydrogen-bond acceptors (Lipinski definition) is 3. The standard InChI is InChI=1S/C15H22FN3O/c1-11(12-3-2-4-13(16)9-12)18-15(20)10-19-7-5-14(17)6-8-19/h2-4,9,11,14H,5-8,10,17H2,1H3,(H,18,20). The number of carbonyl (C=O) groups is 1. The molecule has 0 radical (unpaired) electrons. The van der Waals surface area contributed by atoms with Gasteiger partial charge >= 0.3 is 0 Å². The van der Waals surface area contributed by atoms with E-state index in [9.17, 15) is 9.18 Å². The van der Waals surface area contributed by atoms with Gasteiger partial charge in [0.15, 0.2) is 0 Å². The van der Waals surface area contributed by atoms with Crippen LogP contribution in [0.5, 0.6) is 0 Å². The lowest BCUT2D eigenvalue weighted by Crippen LogP contribution is -2.44. The van der Waals surface area contributed by atoms with E-state index < -0.39 is 0 Å². The van der Waals surface area contributed by atoms with Crippen molar-refractivity contribution in [1.29, 1.82) is 0 Å². The second-order valence-corrected chi connectivity index (χ2v) is 5.46. The van der Waals surface area contributed by atoms with E-state index in [0.717, 1.165) is 31.5 Å². The highest BCUT2D eigenvalue weighted by atomic mass is 19.1. The number of hydrogen-bond donors (Lipinski definition) is 2. The molecule has 2 rings (SSSR count). The number of benzene rings is 1. The molecule has 1 aliphatic heterocycles. The van der Waals surface area contributed by atoms with Crippen LogP contribution < -0.4 is 11.1 Å². The van der Waals surface area contributed by atoms with Crippen LogP contribution in [0.4, 0.5) is 4.39 Å². The van der Waals surface area contributed by atoms with Crippen molar-refractivity contribution in [2.24, 2.45) is 5.73 Å². The summed E-state index contributed by atoms with van der Waals surface area (Å²) < 4.78 is 13.1. The Bertz CT molecular complexity index is 458. The third-order valence-corrected chi connectivity index (χ3v) is 3.73. The van der Waals surface area contributed by atoms with Crippen LogP contribution >= 0.6 is 0 Å². The van der Waals surface area contributed by atoms with Crippen molar-refractivity contribution in [2.45, 2.75) is 31.8 Å². The highest BCUT2D eigenvalue weighted by Crippen LogP contribution is 2.13. The third kappa shape index (κ3) is 4.28. The van der Waals surface area contributed by atoms with Crippen molar-refractivity contribution < 1.29 is 9.18 Å². The maximum atomic E-state index is 13.1. The van der Waals surface area contributed by atoms with Gasteiger partial charge in [-0.1, -0.05) is 12.1 Å². The van der Waals surface area contributed by atoms with Gasteiger partial charge in [0.25, 0.3) is 0 Å². The molecule has 1 amide bonds. The Kier molecular flexibility index (Phi) is 5.09. The average Bonchev–Trinajstić information content (AvgIpc) is 2.41. The number of rotatable bonds is 4. The van der Waals surface area contributed by atoms with E-state index >= 15 is 0 Å². The molecular formula is C15H22FN3O. The predicted molar refractivity (Wildman–Crippen MR) is 76.6 cm³/mol. The monoisotopic (exact) mass is 279 g/mol. The molecule has 0 spiro atoms. The summed E-state index contributed by atoms with van der Waals surface area (Å²) in [6.07, 6.45) is 1.87. The molecule has 0 bridgehead atoms. The van der Waals surface area contributed by atoms with Crippen LogP contribution in [0.2, 0.25) is 0 Å². The molecule has 0 saturated carbocycles. The Balaban J connectivity index is 1.82. The molecule has 110 valence electrons. The molecular weight excluding hydrogens is 257 g/mol. The SMILES string of the molecule is CC(NC(=O)CN1CCC(N)CC1)c1cccc(F)c1. The zero-order valence-electron chi connectivity index (χ0n) is 11.8. The number of piperidine rings is 1. The number of nitrogens with zero attached hydrogens (tertiary/aromatic N) is 1. The van der Waals surface area contributed by atoms with Gasteiger partial charge in [-0.25, -0.2) is 4.39 Å². The van der Waals surface area contributed by atoms with E-state index in [1.165, 1.54) is 12.1 Å². The van der Waals surface area contributed by atoms with Gasteiger partial charge < -0.3 is 11.1 Å². The summed E-state index contributed by atoms with van der Waals surface area (Å²) in [6.45, 7) is 3.97. The fraction of sp³-hybridized carbons (Fsp3) is 0.533. The van der Waals surface area contributed by atoms with Crippen LogP contribution in [-0.2, 0) is 4.79 Å². The quantitative estimate of drug-likeness (QED) is 0.876. The first-order chi connectivity index (χ1) is 9.54. The maximum absolute atomic E-state index is 13.1. The molecule has 1 unspecified atom stereocenters. The van der Waals surface area contributed by atoms with Gasteiger partial charge in [-0.05, 0) is 37.5 Å². The van der Waals surface area contributed by atoms with E-state index in [-0.39, 0.29) is 23.8 Å². The van der Waals surface area contributed by atoms with Gasteiger partial charge in [-0.2, -0.15) is 0 Å². The summed E-state index contributed by atoms with van der Waals surface area (Å²) in [5.74, 6) is -0.314. The number of likely N-dealkylation sites (tertiary alicyclic amines) is 1. The molecule has 4 nitrogen and oxygen atoms in total. The summed E-state index contributed by atoms with van der Waals surface area (Å²) in [4.78, 5) is 14.1. The van der Waals surface area contributed by atoms with Gasteiger partial charge in [0.2, 0.25) is 5.91 Å². The highest BCUT2D eigenvalue weighted by Gasteiger charge is 2.19. The fourth-order valence-corrected chi connectivity index (χ4v) is 2.46. The smallest absolute Gasteiger partial charge is 0.234 e. The number of amides is 1. The van der Waals surface area contributed by atoms with Crippen LogP contribution in [0, 0.1) is 5.82 Å². The minimum absolute atomic E-state index is 0.0303. The van der Waals surface area contributed by atoms with E-state index in [1.807, 2.05) is 13.0 Å². The van der Waals surface area contributed by atoms with Crippen molar-refractivity contribution in [2.75, 3.05) is 19.6 Å². The van der Waals surface area contributed by atoms with Gasteiger partial charge in [0.05, 0.1) is 12.6 Å². The summed E-state index contributed by atoms with van der Waals surface area (Å²) in [7, 11) is 0. The minimum atomic E-state index is -0.284. The van der Waals surface area contributed by atoms with Crippen LogP contribution in [0.1, 0.15) is 31.4 Å².